The zero-order chi connectivity index (χ0) is 13.4. The van der Waals surface area contributed by atoms with Crippen molar-refractivity contribution in [2.24, 2.45) is 0 Å². The van der Waals surface area contributed by atoms with Gasteiger partial charge in [-0.15, -0.1) is 0 Å². The van der Waals surface area contributed by atoms with Crippen molar-refractivity contribution in [3.8, 4) is 0 Å². The van der Waals surface area contributed by atoms with Crippen LogP contribution in [0.5, 0.6) is 0 Å². The highest BCUT2D eigenvalue weighted by atomic mass is 19.1. The second-order valence-electron chi connectivity index (χ2n) is 4.86. The topological polar surface area (TPSA) is 27.1 Å². The van der Waals surface area contributed by atoms with Crippen LogP contribution in [0.15, 0.2) is 48.5 Å². The van der Waals surface area contributed by atoms with E-state index >= 15 is 0 Å². The van der Waals surface area contributed by atoms with Gasteiger partial charge in [0.2, 0.25) is 0 Å². The molecule has 19 heavy (non-hydrogen) atoms. The van der Waals surface area contributed by atoms with Crippen LogP contribution in [0.2, 0.25) is 0 Å². The first-order valence-corrected chi connectivity index (χ1v) is 6.36. The molecule has 3 heteroatoms. The number of nitrogens with one attached hydrogen (secondary N) is 1. The first-order valence-electron chi connectivity index (χ1n) is 6.36. The van der Waals surface area contributed by atoms with Gasteiger partial charge in [-0.3, -0.25) is 5.41 Å². The third kappa shape index (κ3) is 2.01. The largest absolute Gasteiger partial charge is 0.345 e. The first kappa shape index (κ1) is 11.9. The second kappa shape index (κ2) is 4.50. The van der Waals surface area contributed by atoms with Crippen molar-refractivity contribution >= 4 is 5.84 Å². The molecule has 0 amide bonds. The molecule has 0 saturated heterocycles. The van der Waals surface area contributed by atoms with Gasteiger partial charge in [-0.25, -0.2) is 4.39 Å². The molecule has 2 nitrogen and oxygen atoms in total. The summed E-state index contributed by atoms with van der Waals surface area (Å²) in [6.45, 7) is 2.72. The smallest absolute Gasteiger partial charge is 0.129 e. The summed E-state index contributed by atoms with van der Waals surface area (Å²) in [6.07, 6.45) is 0. The van der Waals surface area contributed by atoms with Crippen molar-refractivity contribution in [3.63, 3.8) is 0 Å². The monoisotopic (exact) mass is 254 g/mol. The van der Waals surface area contributed by atoms with E-state index in [-0.39, 0.29) is 11.9 Å². The number of nitrogens with zero attached hydrogens (tertiary/aromatic N) is 1. The SMILES string of the molecule is CC(c1cccc(F)c1)N1Cc2ccccc2C1=N. The lowest BCUT2D eigenvalue weighted by atomic mass is 10.1. The van der Waals surface area contributed by atoms with E-state index in [9.17, 15) is 4.39 Å². The van der Waals surface area contributed by atoms with Gasteiger partial charge in [0.05, 0.1) is 6.04 Å². The van der Waals surface area contributed by atoms with Gasteiger partial charge in [-0.1, -0.05) is 36.4 Å². The summed E-state index contributed by atoms with van der Waals surface area (Å²) in [7, 11) is 0. The van der Waals surface area contributed by atoms with E-state index in [2.05, 4.69) is 0 Å². The van der Waals surface area contributed by atoms with Gasteiger partial charge in [0.25, 0.3) is 0 Å². The highest BCUT2D eigenvalue weighted by Crippen LogP contribution is 2.30. The minimum Gasteiger partial charge on any atom is -0.345 e. The molecule has 1 atom stereocenters. The first-order chi connectivity index (χ1) is 9.16. The van der Waals surface area contributed by atoms with Crippen molar-refractivity contribution in [1.82, 2.24) is 4.90 Å². The highest BCUT2D eigenvalue weighted by molar-refractivity contribution is 6.00. The summed E-state index contributed by atoms with van der Waals surface area (Å²) in [5.41, 5.74) is 3.04. The van der Waals surface area contributed by atoms with Crippen LogP contribution >= 0.6 is 0 Å². The van der Waals surface area contributed by atoms with E-state index in [1.54, 1.807) is 12.1 Å². The molecule has 0 aromatic heterocycles. The van der Waals surface area contributed by atoms with E-state index in [1.165, 1.54) is 6.07 Å². The summed E-state index contributed by atoms with van der Waals surface area (Å²) in [5.74, 6) is 0.292. The van der Waals surface area contributed by atoms with Crippen LogP contribution in [-0.4, -0.2) is 10.7 Å². The molecule has 2 aromatic carbocycles. The average Bonchev–Trinajstić information content (AvgIpc) is 2.76. The van der Waals surface area contributed by atoms with Crippen LogP contribution in [0.3, 0.4) is 0 Å². The quantitative estimate of drug-likeness (QED) is 0.868. The second-order valence-corrected chi connectivity index (χ2v) is 4.86. The Morgan fingerprint density at radius 3 is 2.68 bits per heavy atom. The normalized spacial score (nSPS) is 15.5. The molecule has 0 saturated carbocycles. The zero-order valence-electron chi connectivity index (χ0n) is 10.7. The Balaban J connectivity index is 1.91. The maximum absolute atomic E-state index is 13.3. The van der Waals surface area contributed by atoms with Crippen molar-refractivity contribution < 1.29 is 4.39 Å². The number of benzene rings is 2. The lowest BCUT2D eigenvalue weighted by Crippen LogP contribution is -2.27. The van der Waals surface area contributed by atoms with E-state index in [0.717, 1.165) is 16.7 Å². The number of hydrogen-bond donors (Lipinski definition) is 1. The van der Waals surface area contributed by atoms with Gasteiger partial charge in [0, 0.05) is 12.1 Å². The van der Waals surface area contributed by atoms with E-state index in [0.29, 0.717) is 12.4 Å². The Labute approximate surface area is 112 Å². The van der Waals surface area contributed by atoms with Gasteiger partial charge >= 0.3 is 0 Å². The predicted molar refractivity (Wildman–Crippen MR) is 73.6 cm³/mol. The van der Waals surface area contributed by atoms with Crippen molar-refractivity contribution in [1.29, 1.82) is 5.41 Å². The molecule has 1 aliphatic heterocycles. The van der Waals surface area contributed by atoms with Crippen LogP contribution in [0.25, 0.3) is 0 Å². The lowest BCUT2D eigenvalue weighted by molar-refractivity contribution is 0.340. The Morgan fingerprint density at radius 1 is 1.16 bits per heavy atom. The number of amidine groups is 1. The Morgan fingerprint density at radius 2 is 1.95 bits per heavy atom. The number of fused-ring (bicyclic) bond motifs is 1. The van der Waals surface area contributed by atoms with E-state index < -0.39 is 0 Å². The summed E-state index contributed by atoms with van der Waals surface area (Å²) in [4.78, 5) is 2.00. The van der Waals surface area contributed by atoms with E-state index in [1.807, 2.05) is 42.2 Å². The Bertz CT molecular complexity index is 636. The third-order valence-corrected chi connectivity index (χ3v) is 3.70. The van der Waals surface area contributed by atoms with Crippen LogP contribution in [0.4, 0.5) is 4.39 Å². The van der Waals surface area contributed by atoms with Crippen LogP contribution in [0.1, 0.15) is 29.7 Å². The van der Waals surface area contributed by atoms with Crippen LogP contribution < -0.4 is 0 Å². The fraction of sp³-hybridized carbons (Fsp3) is 0.188. The molecule has 96 valence electrons. The molecule has 1 unspecified atom stereocenters. The van der Waals surface area contributed by atoms with Crippen LogP contribution in [0, 0.1) is 11.2 Å². The standard InChI is InChI=1S/C16H15FN2/c1-11(12-6-4-7-14(17)9-12)19-10-13-5-2-3-8-15(13)16(19)18/h2-9,11,18H,10H2,1H3. The van der Waals surface area contributed by atoms with Crippen molar-refractivity contribution in [2.75, 3.05) is 0 Å². The molecular weight excluding hydrogens is 239 g/mol. The van der Waals surface area contributed by atoms with Gasteiger partial charge in [-0.05, 0) is 30.2 Å². The molecule has 3 rings (SSSR count). The molecule has 0 fully saturated rings. The molecular formula is C16H15FN2. The fourth-order valence-corrected chi connectivity index (χ4v) is 2.58. The Hall–Kier alpha value is -2.16. The average molecular weight is 254 g/mol. The van der Waals surface area contributed by atoms with Gasteiger partial charge in [0.1, 0.15) is 11.7 Å². The summed E-state index contributed by atoms with van der Waals surface area (Å²) in [5, 5.41) is 8.25. The molecule has 0 bridgehead atoms. The highest BCUT2D eigenvalue weighted by Gasteiger charge is 2.28. The Kier molecular flexibility index (Phi) is 2.82. The molecule has 0 radical (unpaired) electrons. The van der Waals surface area contributed by atoms with Crippen molar-refractivity contribution in [2.45, 2.75) is 19.5 Å². The minimum absolute atomic E-state index is 0.00407. The molecule has 0 spiro atoms. The molecule has 2 aromatic rings. The number of hydrogen-bond acceptors (Lipinski definition) is 1. The fourth-order valence-electron chi connectivity index (χ4n) is 2.58. The third-order valence-electron chi connectivity index (χ3n) is 3.70. The maximum Gasteiger partial charge on any atom is 0.129 e. The summed E-state index contributed by atoms with van der Waals surface area (Å²) in [6, 6.07) is 14.6. The molecule has 0 aliphatic carbocycles. The maximum atomic E-state index is 13.3. The number of halogens is 1. The van der Waals surface area contributed by atoms with Crippen molar-refractivity contribution in [3.05, 3.63) is 71.0 Å². The molecule has 1 heterocycles. The summed E-state index contributed by atoms with van der Waals surface area (Å²) < 4.78 is 13.3. The number of rotatable bonds is 2. The zero-order valence-corrected chi connectivity index (χ0v) is 10.7. The van der Waals surface area contributed by atoms with Gasteiger partial charge in [0.15, 0.2) is 0 Å². The van der Waals surface area contributed by atoms with E-state index in [4.69, 9.17) is 5.41 Å². The van der Waals surface area contributed by atoms with Gasteiger partial charge in [-0.2, -0.15) is 0 Å². The minimum atomic E-state index is -0.229. The summed E-state index contributed by atoms with van der Waals surface area (Å²) >= 11 is 0. The lowest BCUT2D eigenvalue weighted by Gasteiger charge is -2.26. The van der Waals surface area contributed by atoms with Gasteiger partial charge < -0.3 is 4.90 Å². The molecule has 1 aliphatic rings. The molecule has 1 N–H and O–H groups in total. The predicted octanol–water partition coefficient (Wildman–Crippen LogP) is 3.73. The van der Waals surface area contributed by atoms with Crippen LogP contribution in [-0.2, 0) is 6.54 Å².